The molecule has 0 atom stereocenters. The maximum atomic E-state index is 13.4. The lowest BCUT2D eigenvalue weighted by atomic mass is 10.1. The van der Waals surface area contributed by atoms with Gasteiger partial charge in [0.15, 0.2) is 0 Å². The van der Waals surface area contributed by atoms with Gasteiger partial charge in [0.25, 0.3) is 5.91 Å². The van der Waals surface area contributed by atoms with Gasteiger partial charge >= 0.3 is 6.18 Å². The third-order valence-corrected chi connectivity index (χ3v) is 5.37. The Hall–Kier alpha value is -2.78. The highest BCUT2D eigenvalue weighted by atomic mass is 19.4. The van der Waals surface area contributed by atoms with Gasteiger partial charge in [0.05, 0.1) is 38.6 Å². The predicted octanol–water partition coefficient (Wildman–Crippen LogP) is 3.70. The third-order valence-electron chi connectivity index (χ3n) is 5.37. The second kappa shape index (κ2) is 10.7. The van der Waals surface area contributed by atoms with Gasteiger partial charge < -0.3 is 19.1 Å². The maximum absolute atomic E-state index is 13.4. The largest absolute Gasteiger partial charge is 0.497 e. The van der Waals surface area contributed by atoms with Gasteiger partial charge in [0, 0.05) is 38.8 Å². The van der Waals surface area contributed by atoms with Crippen molar-refractivity contribution in [3.05, 3.63) is 59.2 Å². The number of alkyl halides is 3. The molecule has 3 rings (SSSR count). The van der Waals surface area contributed by atoms with Crippen LogP contribution in [-0.4, -0.2) is 69.3 Å². The van der Waals surface area contributed by atoms with E-state index in [1.54, 1.807) is 23.1 Å². The molecule has 0 spiro atoms. The summed E-state index contributed by atoms with van der Waals surface area (Å²) in [6, 6.07) is 9.82. The van der Waals surface area contributed by atoms with Gasteiger partial charge in [-0.15, -0.1) is 0 Å². The Balaban J connectivity index is 1.82. The summed E-state index contributed by atoms with van der Waals surface area (Å²) in [4.78, 5) is 17.2. The van der Waals surface area contributed by atoms with E-state index in [9.17, 15) is 18.0 Å². The number of ether oxygens (including phenoxy) is 3. The topological polar surface area (TPSA) is 51.2 Å². The van der Waals surface area contributed by atoms with Crippen LogP contribution < -0.4 is 9.47 Å². The molecule has 1 aliphatic heterocycles. The molecule has 6 nitrogen and oxygen atoms in total. The molecule has 2 aromatic carbocycles. The average molecular weight is 452 g/mol. The van der Waals surface area contributed by atoms with Gasteiger partial charge in [0.1, 0.15) is 11.5 Å². The van der Waals surface area contributed by atoms with Crippen molar-refractivity contribution in [3.63, 3.8) is 0 Å². The van der Waals surface area contributed by atoms with E-state index in [0.717, 1.165) is 25.2 Å². The minimum Gasteiger partial charge on any atom is -0.497 e. The zero-order valence-electron chi connectivity index (χ0n) is 18.2. The molecule has 32 heavy (non-hydrogen) atoms. The molecule has 1 amide bonds. The average Bonchev–Trinajstić information content (AvgIpc) is 2.81. The second-order valence-corrected chi connectivity index (χ2v) is 7.44. The Bertz CT molecular complexity index is 897. The van der Waals surface area contributed by atoms with Gasteiger partial charge in [-0.05, 0) is 29.8 Å². The minimum absolute atomic E-state index is 0.177. The molecule has 9 heteroatoms. The van der Waals surface area contributed by atoms with Crippen LogP contribution in [0.15, 0.2) is 42.5 Å². The number of nitrogens with zero attached hydrogens (tertiary/aromatic N) is 2. The first-order chi connectivity index (χ1) is 15.3. The lowest BCUT2D eigenvalue weighted by Gasteiger charge is -2.30. The van der Waals surface area contributed by atoms with Crippen LogP contribution in [0.3, 0.4) is 0 Å². The van der Waals surface area contributed by atoms with E-state index in [0.29, 0.717) is 48.9 Å². The van der Waals surface area contributed by atoms with Crippen LogP contribution >= 0.6 is 0 Å². The fourth-order valence-electron chi connectivity index (χ4n) is 3.50. The summed E-state index contributed by atoms with van der Waals surface area (Å²) in [5, 5.41) is 0. The third kappa shape index (κ3) is 6.14. The normalized spacial score (nSPS) is 14.8. The number of rotatable bonds is 8. The highest BCUT2D eigenvalue weighted by Crippen LogP contribution is 2.30. The molecular weight excluding hydrogens is 425 g/mol. The quantitative estimate of drug-likeness (QED) is 0.612. The first-order valence-electron chi connectivity index (χ1n) is 10.3. The molecule has 0 unspecified atom stereocenters. The van der Waals surface area contributed by atoms with Gasteiger partial charge in [-0.25, -0.2) is 0 Å². The first kappa shape index (κ1) is 23.9. The first-order valence-corrected chi connectivity index (χ1v) is 10.3. The SMILES string of the molecule is COc1ccc(C(=O)N(CCN2CCOCC2)Cc2ccc(C(F)(F)F)cc2)c(OC)c1. The van der Waals surface area contributed by atoms with Gasteiger partial charge in [-0.1, -0.05) is 12.1 Å². The summed E-state index contributed by atoms with van der Waals surface area (Å²) < 4.78 is 54.6. The van der Waals surface area contributed by atoms with Crippen LogP contribution in [0.1, 0.15) is 21.5 Å². The van der Waals surface area contributed by atoms with Gasteiger partial charge in [-0.3, -0.25) is 9.69 Å². The molecule has 1 heterocycles. The molecule has 174 valence electrons. The number of hydrogen-bond acceptors (Lipinski definition) is 5. The molecule has 1 fully saturated rings. The van der Waals surface area contributed by atoms with Crippen LogP contribution in [0.25, 0.3) is 0 Å². The number of hydrogen-bond donors (Lipinski definition) is 0. The second-order valence-electron chi connectivity index (χ2n) is 7.44. The Morgan fingerprint density at radius 3 is 2.34 bits per heavy atom. The number of methoxy groups -OCH3 is 2. The van der Waals surface area contributed by atoms with Gasteiger partial charge in [0.2, 0.25) is 0 Å². The standard InChI is InChI=1S/C23H27F3N2O4/c1-30-19-7-8-20(21(15-19)31-2)22(29)28(10-9-27-11-13-32-14-12-27)16-17-3-5-18(6-4-17)23(24,25)26/h3-8,15H,9-14,16H2,1-2H3. The van der Waals surface area contributed by atoms with E-state index in [1.807, 2.05) is 0 Å². The molecule has 0 aromatic heterocycles. The van der Waals surface area contributed by atoms with Gasteiger partial charge in [-0.2, -0.15) is 13.2 Å². The smallest absolute Gasteiger partial charge is 0.416 e. The molecule has 2 aromatic rings. The van der Waals surface area contributed by atoms with Crippen LogP contribution in [-0.2, 0) is 17.5 Å². The van der Waals surface area contributed by atoms with Crippen molar-refractivity contribution in [2.45, 2.75) is 12.7 Å². The zero-order chi connectivity index (χ0) is 23.1. The van der Waals surface area contributed by atoms with E-state index in [2.05, 4.69) is 4.90 Å². The monoisotopic (exact) mass is 452 g/mol. The summed E-state index contributed by atoms with van der Waals surface area (Å²) in [5.41, 5.74) is 0.257. The predicted molar refractivity (Wildman–Crippen MR) is 113 cm³/mol. The Morgan fingerprint density at radius 2 is 1.75 bits per heavy atom. The molecule has 0 saturated carbocycles. The number of amides is 1. The fraction of sp³-hybridized carbons (Fsp3) is 0.435. The van der Waals surface area contributed by atoms with E-state index < -0.39 is 11.7 Å². The Kier molecular flexibility index (Phi) is 7.98. The molecule has 1 saturated heterocycles. The molecule has 1 aliphatic rings. The number of carbonyl (C=O) groups is 1. The van der Waals surface area contributed by atoms with E-state index in [-0.39, 0.29) is 12.5 Å². The minimum atomic E-state index is -4.40. The molecule has 0 radical (unpaired) electrons. The summed E-state index contributed by atoms with van der Waals surface area (Å²) >= 11 is 0. The number of halogens is 3. The van der Waals surface area contributed by atoms with Crippen LogP contribution in [0, 0.1) is 0 Å². The molecular formula is C23H27F3N2O4. The summed E-state index contributed by atoms with van der Waals surface area (Å²) in [6.45, 7) is 4.04. The van der Waals surface area contributed by atoms with Crippen molar-refractivity contribution >= 4 is 5.91 Å². The number of benzene rings is 2. The van der Waals surface area contributed by atoms with Crippen molar-refractivity contribution in [1.29, 1.82) is 0 Å². The van der Waals surface area contributed by atoms with Crippen LogP contribution in [0.4, 0.5) is 13.2 Å². The molecule has 0 N–H and O–H groups in total. The molecule has 0 aliphatic carbocycles. The van der Waals surface area contributed by atoms with Crippen LogP contribution in [0.5, 0.6) is 11.5 Å². The zero-order valence-corrected chi connectivity index (χ0v) is 18.2. The van der Waals surface area contributed by atoms with E-state index in [1.165, 1.54) is 26.4 Å². The van der Waals surface area contributed by atoms with E-state index in [4.69, 9.17) is 14.2 Å². The van der Waals surface area contributed by atoms with Crippen molar-refractivity contribution in [2.75, 3.05) is 53.6 Å². The Labute approximate surface area is 185 Å². The highest BCUT2D eigenvalue weighted by molar-refractivity contribution is 5.97. The summed E-state index contributed by atoms with van der Waals surface area (Å²) in [6.07, 6.45) is -4.40. The maximum Gasteiger partial charge on any atom is 0.416 e. The lowest BCUT2D eigenvalue weighted by Crippen LogP contribution is -2.43. The lowest BCUT2D eigenvalue weighted by molar-refractivity contribution is -0.137. The summed E-state index contributed by atoms with van der Waals surface area (Å²) in [5.74, 6) is 0.664. The highest BCUT2D eigenvalue weighted by Gasteiger charge is 2.30. The fourth-order valence-corrected chi connectivity index (χ4v) is 3.50. The van der Waals surface area contributed by atoms with Crippen molar-refractivity contribution in [2.24, 2.45) is 0 Å². The summed E-state index contributed by atoms with van der Waals surface area (Å²) in [7, 11) is 3.00. The van der Waals surface area contributed by atoms with Crippen molar-refractivity contribution in [3.8, 4) is 11.5 Å². The van der Waals surface area contributed by atoms with E-state index >= 15 is 0 Å². The van der Waals surface area contributed by atoms with Crippen molar-refractivity contribution in [1.82, 2.24) is 9.80 Å². The molecule has 0 bridgehead atoms. The van der Waals surface area contributed by atoms with Crippen LogP contribution in [0.2, 0.25) is 0 Å². The van der Waals surface area contributed by atoms with Crippen molar-refractivity contribution < 1.29 is 32.2 Å². The Morgan fingerprint density at radius 1 is 1.06 bits per heavy atom. The number of morpholine rings is 1. The number of carbonyl (C=O) groups excluding carboxylic acids is 1.